The molecule has 3 rings (SSSR count). The second-order valence-corrected chi connectivity index (χ2v) is 7.17. The third-order valence-corrected chi connectivity index (χ3v) is 4.50. The van der Waals surface area contributed by atoms with E-state index < -0.39 is 18.1 Å². The summed E-state index contributed by atoms with van der Waals surface area (Å²) in [6, 6.07) is 19.4. The Balaban J connectivity index is 1.68. The standard InChI is InChI=1S/C24H26N4O6/c1-2-3-14-32-21-15-20(25-23(29)33-16-18-10-6-4-7-11-18)28(31)22(26-21)27-24(30)34-17-19-12-8-5-9-13-19/h4-13,15H,2-3,14,16-17H2,1H3,(H,25,29)(H,26,27,30). The van der Waals surface area contributed by atoms with Gasteiger partial charge in [0.15, 0.2) is 0 Å². The number of hydrogen-bond acceptors (Lipinski definition) is 7. The molecule has 0 saturated heterocycles. The van der Waals surface area contributed by atoms with Gasteiger partial charge in [0.25, 0.3) is 5.88 Å². The second kappa shape index (κ2) is 12.6. The molecule has 0 saturated carbocycles. The van der Waals surface area contributed by atoms with Crippen LogP contribution in [-0.4, -0.2) is 23.8 Å². The van der Waals surface area contributed by atoms with Crippen molar-refractivity contribution in [2.75, 3.05) is 17.2 Å². The number of ether oxygens (including phenoxy) is 3. The van der Waals surface area contributed by atoms with E-state index in [-0.39, 0.29) is 29.6 Å². The fourth-order valence-corrected chi connectivity index (χ4v) is 2.75. The molecule has 10 nitrogen and oxygen atoms in total. The lowest BCUT2D eigenvalue weighted by atomic mass is 10.2. The van der Waals surface area contributed by atoms with Crippen LogP contribution in [0.5, 0.6) is 5.88 Å². The van der Waals surface area contributed by atoms with Gasteiger partial charge in [-0.15, -0.1) is 0 Å². The summed E-state index contributed by atoms with van der Waals surface area (Å²) in [6.45, 7) is 2.38. The number of nitrogens with one attached hydrogen (secondary N) is 2. The molecule has 0 aliphatic heterocycles. The van der Waals surface area contributed by atoms with Gasteiger partial charge in [-0.2, -0.15) is 5.32 Å². The van der Waals surface area contributed by atoms with Crippen LogP contribution < -0.4 is 20.1 Å². The van der Waals surface area contributed by atoms with Crippen LogP contribution in [0.3, 0.4) is 0 Å². The van der Waals surface area contributed by atoms with E-state index in [2.05, 4.69) is 15.6 Å². The average molecular weight is 466 g/mol. The molecule has 0 spiro atoms. The molecule has 3 aromatic rings. The van der Waals surface area contributed by atoms with Crippen LogP contribution in [0, 0.1) is 5.21 Å². The van der Waals surface area contributed by atoms with Crippen molar-refractivity contribution >= 4 is 24.0 Å². The van der Waals surface area contributed by atoms with Crippen LogP contribution >= 0.6 is 0 Å². The van der Waals surface area contributed by atoms with Gasteiger partial charge in [-0.25, -0.2) is 19.6 Å². The smallest absolute Gasteiger partial charge is 0.461 e. The Morgan fingerprint density at radius 1 is 0.912 bits per heavy atom. The Morgan fingerprint density at radius 2 is 1.47 bits per heavy atom. The molecule has 0 radical (unpaired) electrons. The topological polar surface area (TPSA) is 126 Å². The van der Waals surface area contributed by atoms with Gasteiger partial charge in [-0.05, 0) is 17.5 Å². The van der Waals surface area contributed by atoms with Crippen molar-refractivity contribution in [3.63, 3.8) is 0 Å². The molecule has 0 aliphatic rings. The highest BCUT2D eigenvalue weighted by Crippen LogP contribution is 2.16. The number of amides is 2. The minimum atomic E-state index is -0.885. The van der Waals surface area contributed by atoms with Gasteiger partial charge >= 0.3 is 18.1 Å². The van der Waals surface area contributed by atoms with E-state index in [0.717, 1.165) is 24.0 Å². The van der Waals surface area contributed by atoms with Crippen LogP contribution in [0.1, 0.15) is 30.9 Å². The third kappa shape index (κ3) is 7.66. The van der Waals surface area contributed by atoms with Crippen LogP contribution in [0.15, 0.2) is 66.7 Å². The van der Waals surface area contributed by atoms with Crippen molar-refractivity contribution in [2.24, 2.45) is 0 Å². The third-order valence-electron chi connectivity index (χ3n) is 4.50. The number of anilines is 2. The molecular formula is C24H26N4O6. The Hall–Kier alpha value is -4.34. The van der Waals surface area contributed by atoms with Crippen LogP contribution in [0.25, 0.3) is 0 Å². The maximum atomic E-state index is 12.7. The van der Waals surface area contributed by atoms with Crippen LogP contribution in [-0.2, 0) is 22.7 Å². The number of unbranched alkanes of at least 4 members (excludes halogenated alkanes) is 1. The zero-order valence-electron chi connectivity index (χ0n) is 18.7. The van der Waals surface area contributed by atoms with E-state index in [9.17, 15) is 14.8 Å². The Kier molecular flexibility index (Phi) is 9.03. The van der Waals surface area contributed by atoms with Crippen LogP contribution in [0.4, 0.5) is 21.4 Å². The van der Waals surface area contributed by atoms with Crippen LogP contribution in [0.2, 0.25) is 0 Å². The van der Waals surface area contributed by atoms with E-state index in [1.54, 1.807) is 24.3 Å². The lowest BCUT2D eigenvalue weighted by Gasteiger charge is -2.16. The summed E-state index contributed by atoms with van der Waals surface area (Å²) in [7, 11) is 0. The predicted octanol–water partition coefficient (Wildman–Crippen LogP) is 4.39. The van der Waals surface area contributed by atoms with E-state index in [1.807, 2.05) is 43.3 Å². The Bertz CT molecular complexity index is 1000. The van der Waals surface area contributed by atoms with Crippen molar-refractivity contribution in [3.05, 3.63) is 83.1 Å². The quantitative estimate of drug-likeness (QED) is 0.258. The second-order valence-electron chi connectivity index (χ2n) is 7.17. The molecule has 0 atom stereocenters. The molecule has 2 aromatic carbocycles. The first-order chi connectivity index (χ1) is 16.5. The number of nitrogens with zero attached hydrogens (tertiary/aromatic N) is 2. The number of carbonyl (C=O) groups is 2. The zero-order valence-corrected chi connectivity index (χ0v) is 18.7. The van der Waals surface area contributed by atoms with Gasteiger partial charge < -0.3 is 19.4 Å². The summed E-state index contributed by atoms with van der Waals surface area (Å²) in [5.41, 5.74) is 1.57. The number of carbonyl (C=O) groups excluding carboxylic acids is 2. The van der Waals surface area contributed by atoms with Crippen molar-refractivity contribution in [2.45, 2.75) is 33.0 Å². The molecule has 178 valence electrons. The minimum Gasteiger partial charge on any atom is -0.754 e. The van der Waals surface area contributed by atoms with Gasteiger partial charge in [0.05, 0.1) is 12.7 Å². The first kappa shape index (κ1) is 24.3. The summed E-state index contributed by atoms with van der Waals surface area (Å²) in [5, 5.41) is 17.4. The number of rotatable bonds is 10. The number of benzene rings is 2. The molecule has 1 heterocycles. The minimum absolute atomic E-state index is 0.00907. The monoisotopic (exact) mass is 466 g/mol. The molecule has 0 unspecified atom stereocenters. The van der Waals surface area contributed by atoms with Gasteiger partial charge in [0.1, 0.15) is 13.2 Å². The maximum absolute atomic E-state index is 12.7. The molecule has 1 aromatic heterocycles. The summed E-state index contributed by atoms with van der Waals surface area (Å²) < 4.78 is 16.1. The van der Waals surface area contributed by atoms with E-state index in [1.165, 1.54) is 6.07 Å². The molecule has 2 N–H and O–H groups in total. The highest BCUT2D eigenvalue weighted by molar-refractivity contribution is 5.84. The molecular weight excluding hydrogens is 440 g/mol. The van der Waals surface area contributed by atoms with E-state index in [0.29, 0.717) is 6.61 Å². The fraction of sp³-hybridized carbons (Fsp3) is 0.250. The van der Waals surface area contributed by atoms with Crippen molar-refractivity contribution in [1.82, 2.24) is 4.98 Å². The lowest BCUT2D eigenvalue weighted by Crippen LogP contribution is -2.38. The maximum Gasteiger partial charge on any atom is 0.461 e. The first-order valence-electron chi connectivity index (χ1n) is 10.8. The fourth-order valence-electron chi connectivity index (χ4n) is 2.75. The van der Waals surface area contributed by atoms with Crippen molar-refractivity contribution in [3.8, 4) is 5.88 Å². The van der Waals surface area contributed by atoms with Gasteiger partial charge in [0.2, 0.25) is 5.82 Å². The molecule has 2 amide bonds. The van der Waals surface area contributed by atoms with Gasteiger partial charge in [-0.1, -0.05) is 79.0 Å². The molecule has 34 heavy (non-hydrogen) atoms. The largest absolute Gasteiger partial charge is 0.754 e. The normalized spacial score (nSPS) is 10.3. The highest BCUT2D eigenvalue weighted by Gasteiger charge is 2.20. The summed E-state index contributed by atoms with van der Waals surface area (Å²) in [4.78, 5) is 28.5. The predicted molar refractivity (Wildman–Crippen MR) is 124 cm³/mol. The summed E-state index contributed by atoms with van der Waals surface area (Å²) >= 11 is 0. The van der Waals surface area contributed by atoms with Gasteiger partial charge in [-0.3, -0.25) is 0 Å². The molecule has 0 aliphatic carbocycles. The summed E-state index contributed by atoms with van der Waals surface area (Å²) in [6.07, 6.45) is -0.0824. The zero-order chi connectivity index (χ0) is 24.2. The highest BCUT2D eigenvalue weighted by atomic mass is 16.6. The molecule has 10 heteroatoms. The number of aromatic nitrogens is 2. The Labute approximate surface area is 197 Å². The molecule has 0 bridgehead atoms. The van der Waals surface area contributed by atoms with Gasteiger partial charge in [0, 0.05) is 0 Å². The summed E-state index contributed by atoms with van der Waals surface area (Å²) in [5.74, 6) is -0.583. The van der Waals surface area contributed by atoms with E-state index in [4.69, 9.17) is 14.2 Å². The van der Waals surface area contributed by atoms with E-state index >= 15 is 0 Å². The Morgan fingerprint density at radius 3 is 2.03 bits per heavy atom. The molecule has 0 fully saturated rings. The number of hydrogen-bond donors (Lipinski definition) is 2. The van der Waals surface area contributed by atoms with Crippen molar-refractivity contribution < 1.29 is 28.5 Å². The first-order valence-corrected chi connectivity index (χ1v) is 10.8. The average Bonchev–Trinajstić information content (AvgIpc) is 2.85. The van der Waals surface area contributed by atoms with Crippen molar-refractivity contribution in [1.29, 1.82) is 0 Å². The SMILES string of the molecule is CCCCOc1cc(NC(=O)OCc2ccccc2)[n+]([O-])c(NC(=O)OCc2ccccc2)n1. The lowest BCUT2D eigenvalue weighted by molar-refractivity contribution is -0.577.